The molecule has 0 N–H and O–H groups in total. The zero-order valence-electron chi connectivity index (χ0n) is 17.6. The van der Waals surface area contributed by atoms with E-state index in [4.69, 9.17) is 11.6 Å². The van der Waals surface area contributed by atoms with Crippen LogP contribution in [0.3, 0.4) is 0 Å². The second-order valence-corrected chi connectivity index (χ2v) is 10.6. The summed E-state index contributed by atoms with van der Waals surface area (Å²) >= 11 is 6.16. The molecule has 0 aromatic heterocycles. The average molecular weight is 426 g/mol. The van der Waals surface area contributed by atoms with E-state index < -0.39 is 5.41 Å². The van der Waals surface area contributed by atoms with Gasteiger partial charge in [0, 0.05) is 46.7 Å². The highest BCUT2D eigenvalue weighted by atomic mass is 35.5. The van der Waals surface area contributed by atoms with Crippen molar-refractivity contribution in [1.82, 2.24) is 4.90 Å². The van der Waals surface area contributed by atoms with Crippen molar-refractivity contribution in [3.05, 3.63) is 46.6 Å². The largest absolute Gasteiger partial charge is 0.312 e. The molecule has 1 aromatic rings. The number of carbonyl (C=O) groups is 3. The fraction of sp³-hybridized carbons (Fsp3) is 0.560. The number of carbonyl (C=O) groups excluding carboxylic acids is 3. The molecule has 3 aliphatic carbocycles. The maximum atomic E-state index is 13.5. The highest BCUT2D eigenvalue weighted by molar-refractivity contribution is 6.30. The lowest BCUT2D eigenvalue weighted by molar-refractivity contribution is -0.152. The van der Waals surface area contributed by atoms with Gasteiger partial charge in [0.05, 0.1) is 6.54 Å². The summed E-state index contributed by atoms with van der Waals surface area (Å²) in [4.78, 5) is 40.9. The first-order chi connectivity index (χ1) is 14.2. The van der Waals surface area contributed by atoms with Crippen LogP contribution in [0, 0.1) is 28.6 Å². The molecular formula is C25H28ClNO3. The summed E-state index contributed by atoms with van der Waals surface area (Å²) in [5, 5.41) is 0.657. The quantitative estimate of drug-likeness (QED) is 0.673. The van der Waals surface area contributed by atoms with Gasteiger partial charge >= 0.3 is 0 Å². The smallest absolute Gasteiger partial charge is 0.227 e. The van der Waals surface area contributed by atoms with Gasteiger partial charge in [-0.2, -0.15) is 0 Å². The summed E-state index contributed by atoms with van der Waals surface area (Å²) in [6.45, 7) is 4.66. The highest BCUT2D eigenvalue weighted by Gasteiger charge is 2.62. The lowest BCUT2D eigenvalue weighted by atomic mass is 9.49. The third-order valence-corrected chi connectivity index (χ3v) is 8.74. The zero-order chi connectivity index (χ0) is 21.3. The summed E-state index contributed by atoms with van der Waals surface area (Å²) < 4.78 is 0. The summed E-state index contributed by atoms with van der Waals surface area (Å²) in [5.41, 5.74) is 1.16. The van der Waals surface area contributed by atoms with Gasteiger partial charge in [-0.25, -0.2) is 0 Å². The van der Waals surface area contributed by atoms with Crippen LogP contribution in [-0.2, 0) is 20.9 Å². The molecule has 158 valence electrons. The molecule has 1 amide bonds. The Labute approximate surface area is 182 Å². The van der Waals surface area contributed by atoms with E-state index in [9.17, 15) is 14.4 Å². The normalized spacial score (nSPS) is 38.1. The number of amides is 1. The number of halogens is 1. The standard InChI is InChI=1S/C25H28ClNO3/c1-24-11-10-22(30)27(14-15-4-3-5-16(26)12-15)20(24)8-6-17-18-7-9-21(29)25(18,2)13-19(28)23(17)24/h3-5,8,12,17-18,23H,6-7,9-11,13-14H2,1-2H3/t17-,18-,23+,24-,25-/m0/s1. The zero-order valence-corrected chi connectivity index (χ0v) is 18.4. The summed E-state index contributed by atoms with van der Waals surface area (Å²) in [5.74, 6) is 0.983. The minimum Gasteiger partial charge on any atom is -0.312 e. The number of piperidine rings is 1. The summed E-state index contributed by atoms with van der Waals surface area (Å²) in [7, 11) is 0. The van der Waals surface area contributed by atoms with E-state index in [0.29, 0.717) is 37.3 Å². The van der Waals surface area contributed by atoms with Crippen LogP contribution in [0.5, 0.6) is 0 Å². The molecule has 4 nitrogen and oxygen atoms in total. The third-order valence-electron chi connectivity index (χ3n) is 8.51. The molecular weight excluding hydrogens is 398 g/mol. The monoisotopic (exact) mass is 425 g/mol. The van der Waals surface area contributed by atoms with Crippen LogP contribution in [0.25, 0.3) is 0 Å². The number of benzene rings is 1. The average Bonchev–Trinajstić information content (AvgIpc) is 2.98. The summed E-state index contributed by atoms with van der Waals surface area (Å²) in [6.07, 6.45) is 5.99. The van der Waals surface area contributed by atoms with Crippen LogP contribution in [0.4, 0.5) is 0 Å². The molecule has 0 unspecified atom stereocenters. The fourth-order valence-corrected chi connectivity index (χ4v) is 7.27. The lowest BCUT2D eigenvalue weighted by Gasteiger charge is -2.56. The molecule has 0 radical (unpaired) electrons. The van der Waals surface area contributed by atoms with Crippen molar-refractivity contribution in [2.75, 3.05) is 0 Å². The number of hydrogen-bond acceptors (Lipinski definition) is 3. The first-order valence-corrected chi connectivity index (χ1v) is 11.4. The summed E-state index contributed by atoms with van der Waals surface area (Å²) in [6, 6.07) is 7.62. The Hall–Kier alpha value is -1.94. The Morgan fingerprint density at radius 1 is 1.13 bits per heavy atom. The van der Waals surface area contributed by atoms with E-state index in [1.54, 1.807) is 0 Å². The van der Waals surface area contributed by atoms with Crippen LogP contribution in [0.2, 0.25) is 5.02 Å². The van der Waals surface area contributed by atoms with Crippen molar-refractivity contribution in [2.24, 2.45) is 28.6 Å². The molecule has 0 spiro atoms. The van der Waals surface area contributed by atoms with Crippen molar-refractivity contribution in [3.63, 3.8) is 0 Å². The number of fused-ring (bicyclic) bond motifs is 5. The van der Waals surface area contributed by atoms with E-state index in [-0.39, 0.29) is 40.6 Å². The van der Waals surface area contributed by atoms with Gasteiger partial charge in [-0.05, 0) is 48.8 Å². The number of Topliss-reactive ketones (excluding diaryl/α,β-unsaturated/α-hetero) is 2. The Kier molecular flexibility index (Phi) is 4.52. The van der Waals surface area contributed by atoms with E-state index in [1.807, 2.05) is 36.1 Å². The predicted octanol–water partition coefficient (Wildman–Crippen LogP) is 4.95. The van der Waals surface area contributed by atoms with Gasteiger partial charge in [-0.3, -0.25) is 14.4 Å². The van der Waals surface area contributed by atoms with Crippen LogP contribution in [0.1, 0.15) is 57.9 Å². The van der Waals surface area contributed by atoms with E-state index in [0.717, 1.165) is 24.1 Å². The first-order valence-electron chi connectivity index (χ1n) is 11.1. The van der Waals surface area contributed by atoms with Gasteiger partial charge in [0.2, 0.25) is 5.91 Å². The van der Waals surface area contributed by atoms with Gasteiger partial charge < -0.3 is 4.90 Å². The number of likely N-dealkylation sites (tertiary alicyclic amines) is 1. The van der Waals surface area contributed by atoms with E-state index >= 15 is 0 Å². The van der Waals surface area contributed by atoms with E-state index in [1.165, 1.54) is 0 Å². The number of rotatable bonds is 2. The molecule has 1 heterocycles. The predicted molar refractivity (Wildman–Crippen MR) is 114 cm³/mol. The van der Waals surface area contributed by atoms with Gasteiger partial charge in [0.1, 0.15) is 11.6 Å². The number of ketones is 2. The van der Waals surface area contributed by atoms with Gasteiger partial charge in [-0.1, -0.05) is 43.7 Å². The second kappa shape index (κ2) is 6.78. The van der Waals surface area contributed by atoms with E-state index in [2.05, 4.69) is 13.0 Å². The maximum Gasteiger partial charge on any atom is 0.227 e. The van der Waals surface area contributed by atoms with Crippen LogP contribution in [-0.4, -0.2) is 22.4 Å². The molecule has 1 saturated heterocycles. The molecule has 1 aromatic carbocycles. The van der Waals surface area contributed by atoms with Gasteiger partial charge in [-0.15, -0.1) is 0 Å². The minimum absolute atomic E-state index is 0.101. The van der Waals surface area contributed by atoms with Crippen LogP contribution < -0.4 is 0 Å². The second-order valence-electron chi connectivity index (χ2n) is 10.1. The number of hydrogen-bond donors (Lipinski definition) is 0. The molecule has 0 bridgehead atoms. The number of nitrogens with zero attached hydrogens (tertiary/aromatic N) is 1. The Bertz CT molecular complexity index is 984. The topological polar surface area (TPSA) is 54.5 Å². The van der Waals surface area contributed by atoms with Gasteiger partial charge in [0.15, 0.2) is 0 Å². The maximum absolute atomic E-state index is 13.5. The molecule has 4 aliphatic rings. The minimum atomic E-state index is -0.481. The van der Waals surface area contributed by atoms with Crippen LogP contribution >= 0.6 is 11.6 Å². The first kappa shape index (κ1) is 20.0. The van der Waals surface area contributed by atoms with Gasteiger partial charge in [0.25, 0.3) is 0 Å². The highest BCUT2D eigenvalue weighted by Crippen LogP contribution is 2.62. The van der Waals surface area contributed by atoms with Crippen molar-refractivity contribution in [1.29, 1.82) is 0 Å². The lowest BCUT2D eigenvalue weighted by Crippen LogP contribution is -2.57. The Morgan fingerprint density at radius 2 is 1.93 bits per heavy atom. The van der Waals surface area contributed by atoms with Crippen molar-refractivity contribution in [3.8, 4) is 0 Å². The SMILES string of the molecule is C[C@]12CCC(=O)N(Cc3cccc(Cl)c3)C1=CC[C@@H]1[C@@H]2C(=O)C[C@]2(C)C(=O)CC[C@@H]12. The van der Waals surface area contributed by atoms with Crippen molar-refractivity contribution in [2.45, 2.75) is 58.9 Å². The van der Waals surface area contributed by atoms with Crippen molar-refractivity contribution < 1.29 is 14.4 Å². The molecule has 3 fully saturated rings. The van der Waals surface area contributed by atoms with Crippen LogP contribution in [0.15, 0.2) is 36.0 Å². The third kappa shape index (κ3) is 2.76. The molecule has 5 atom stereocenters. The molecule has 2 saturated carbocycles. The molecule has 5 heteroatoms. The number of allylic oxidation sites excluding steroid dienone is 2. The molecule has 30 heavy (non-hydrogen) atoms. The molecule has 1 aliphatic heterocycles. The van der Waals surface area contributed by atoms with Crippen molar-refractivity contribution >= 4 is 29.1 Å². The molecule has 5 rings (SSSR count). The fourth-order valence-electron chi connectivity index (χ4n) is 7.05. The Balaban J connectivity index is 1.53. The Morgan fingerprint density at radius 3 is 2.70 bits per heavy atom.